The van der Waals surface area contributed by atoms with Crippen molar-refractivity contribution in [1.82, 2.24) is 9.80 Å². The molecule has 0 radical (unpaired) electrons. The Kier molecular flexibility index (Phi) is 3.46. The van der Waals surface area contributed by atoms with Crippen LogP contribution in [0.25, 0.3) is 0 Å². The molecule has 0 bridgehead atoms. The molecule has 0 atom stereocenters. The summed E-state index contributed by atoms with van der Waals surface area (Å²) in [6.07, 6.45) is 1.47. The van der Waals surface area contributed by atoms with Gasteiger partial charge in [0.1, 0.15) is 12.4 Å². The van der Waals surface area contributed by atoms with Crippen LogP contribution in [-0.2, 0) is 11.3 Å². The summed E-state index contributed by atoms with van der Waals surface area (Å²) in [6.45, 7) is 3.50. The molecule has 0 aliphatic carbocycles. The van der Waals surface area contributed by atoms with Crippen LogP contribution < -0.4 is 0 Å². The quantitative estimate of drug-likeness (QED) is 0.753. The Balaban J connectivity index is 1.71. The zero-order chi connectivity index (χ0) is 11.4. The summed E-state index contributed by atoms with van der Waals surface area (Å²) in [6, 6.07) is 3.82. The maximum atomic E-state index is 11.2. The average molecular weight is 224 g/mol. The second kappa shape index (κ2) is 5.03. The predicted molar refractivity (Wildman–Crippen MR) is 58.0 cm³/mol. The number of amides is 1. The second-order valence-electron chi connectivity index (χ2n) is 3.92. The van der Waals surface area contributed by atoms with Crippen LogP contribution in [0.15, 0.2) is 22.8 Å². The minimum atomic E-state index is -0.202. The number of rotatable bonds is 5. The van der Waals surface area contributed by atoms with E-state index in [1.807, 2.05) is 19.2 Å². The number of hydrogen-bond donors (Lipinski definition) is 0. The number of cyclic esters (lactones) is 1. The fourth-order valence-corrected chi connectivity index (χ4v) is 1.67. The van der Waals surface area contributed by atoms with Crippen molar-refractivity contribution in [3.8, 4) is 0 Å². The Hall–Kier alpha value is -1.49. The van der Waals surface area contributed by atoms with E-state index in [4.69, 9.17) is 9.15 Å². The third-order valence-corrected chi connectivity index (χ3v) is 2.60. The molecule has 0 spiro atoms. The zero-order valence-electron chi connectivity index (χ0n) is 9.39. The van der Waals surface area contributed by atoms with Gasteiger partial charge in [0, 0.05) is 13.1 Å². The molecule has 1 aromatic heterocycles. The van der Waals surface area contributed by atoms with Crippen LogP contribution in [0.3, 0.4) is 0 Å². The maximum absolute atomic E-state index is 11.2. The van der Waals surface area contributed by atoms with Gasteiger partial charge in [-0.3, -0.25) is 4.90 Å². The van der Waals surface area contributed by atoms with Crippen molar-refractivity contribution in [2.24, 2.45) is 0 Å². The van der Waals surface area contributed by atoms with Crippen molar-refractivity contribution in [2.75, 3.05) is 33.3 Å². The summed E-state index contributed by atoms with van der Waals surface area (Å²) < 4.78 is 10.1. The van der Waals surface area contributed by atoms with Crippen molar-refractivity contribution in [2.45, 2.75) is 6.54 Å². The van der Waals surface area contributed by atoms with Gasteiger partial charge in [-0.1, -0.05) is 0 Å². The first kappa shape index (κ1) is 11.0. The summed E-state index contributed by atoms with van der Waals surface area (Å²) >= 11 is 0. The number of carbonyl (C=O) groups is 1. The molecule has 5 nitrogen and oxygen atoms in total. The minimum Gasteiger partial charge on any atom is -0.468 e. The summed E-state index contributed by atoms with van der Waals surface area (Å²) in [5, 5.41) is 0. The molecule has 5 heteroatoms. The van der Waals surface area contributed by atoms with Crippen LogP contribution in [0.5, 0.6) is 0 Å². The zero-order valence-corrected chi connectivity index (χ0v) is 9.39. The van der Waals surface area contributed by atoms with Crippen LogP contribution in [0.1, 0.15) is 5.76 Å². The van der Waals surface area contributed by atoms with Gasteiger partial charge >= 0.3 is 6.09 Å². The van der Waals surface area contributed by atoms with Gasteiger partial charge in [-0.05, 0) is 19.2 Å². The van der Waals surface area contributed by atoms with Crippen molar-refractivity contribution in [3.63, 3.8) is 0 Å². The average Bonchev–Trinajstić information content (AvgIpc) is 2.87. The standard InChI is InChI=1S/C11H16N2O3/c1-12(9-10-3-2-7-15-10)4-5-13-6-8-16-11(13)14/h2-3,7H,4-6,8-9H2,1H3. The SMILES string of the molecule is CN(CCN1CCOC1=O)Cc1ccco1. The first-order chi connectivity index (χ1) is 7.75. The normalized spacial score (nSPS) is 15.9. The fourth-order valence-electron chi connectivity index (χ4n) is 1.67. The molecule has 0 N–H and O–H groups in total. The molecule has 0 saturated carbocycles. The van der Waals surface area contributed by atoms with Gasteiger partial charge in [0.2, 0.25) is 0 Å². The van der Waals surface area contributed by atoms with Crippen molar-refractivity contribution >= 4 is 6.09 Å². The fraction of sp³-hybridized carbons (Fsp3) is 0.545. The maximum Gasteiger partial charge on any atom is 0.409 e. The van der Waals surface area contributed by atoms with E-state index in [9.17, 15) is 4.79 Å². The highest BCUT2D eigenvalue weighted by Crippen LogP contribution is 2.05. The van der Waals surface area contributed by atoms with E-state index >= 15 is 0 Å². The smallest absolute Gasteiger partial charge is 0.409 e. The molecule has 1 fully saturated rings. The van der Waals surface area contributed by atoms with E-state index < -0.39 is 0 Å². The topological polar surface area (TPSA) is 45.9 Å². The Morgan fingerprint density at radius 3 is 3.06 bits per heavy atom. The number of nitrogens with zero attached hydrogens (tertiary/aromatic N) is 2. The van der Waals surface area contributed by atoms with Gasteiger partial charge in [0.05, 0.1) is 19.4 Å². The molecular weight excluding hydrogens is 208 g/mol. The lowest BCUT2D eigenvalue weighted by molar-refractivity contribution is 0.154. The lowest BCUT2D eigenvalue weighted by Crippen LogP contribution is -2.33. The molecule has 1 saturated heterocycles. The minimum absolute atomic E-state index is 0.202. The monoisotopic (exact) mass is 224 g/mol. The Morgan fingerprint density at radius 1 is 1.56 bits per heavy atom. The van der Waals surface area contributed by atoms with Crippen LogP contribution in [0.2, 0.25) is 0 Å². The molecule has 16 heavy (non-hydrogen) atoms. The van der Waals surface area contributed by atoms with Crippen molar-refractivity contribution in [3.05, 3.63) is 24.2 Å². The highest BCUT2D eigenvalue weighted by molar-refractivity contribution is 5.69. The third-order valence-electron chi connectivity index (χ3n) is 2.60. The lowest BCUT2D eigenvalue weighted by Gasteiger charge is -2.18. The first-order valence-corrected chi connectivity index (χ1v) is 5.38. The summed E-state index contributed by atoms with van der Waals surface area (Å²) in [4.78, 5) is 15.0. The molecule has 2 rings (SSSR count). The molecular formula is C11H16N2O3. The van der Waals surface area contributed by atoms with Crippen molar-refractivity contribution in [1.29, 1.82) is 0 Å². The van der Waals surface area contributed by atoms with Gasteiger partial charge < -0.3 is 14.1 Å². The van der Waals surface area contributed by atoms with Crippen LogP contribution in [0, 0.1) is 0 Å². The third kappa shape index (κ3) is 2.76. The Labute approximate surface area is 94.6 Å². The molecule has 1 aliphatic rings. The van der Waals surface area contributed by atoms with Gasteiger partial charge in [-0.15, -0.1) is 0 Å². The second-order valence-corrected chi connectivity index (χ2v) is 3.92. The van der Waals surface area contributed by atoms with Crippen molar-refractivity contribution < 1.29 is 13.9 Å². The van der Waals surface area contributed by atoms with Crippen LogP contribution in [0.4, 0.5) is 4.79 Å². The van der Waals surface area contributed by atoms with E-state index in [0.717, 1.165) is 18.8 Å². The lowest BCUT2D eigenvalue weighted by atomic mass is 10.4. The van der Waals surface area contributed by atoms with Crippen LogP contribution in [-0.4, -0.2) is 49.2 Å². The largest absolute Gasteiger partial charge is 0.468 e. The van der Waals surface area contributed by atoms with Crippen LogP contribution >= 0.6 is 0 Å². The Morgan fingerprint density at radius 2 is 2.44 bits per heavy atom. The first-order valence-electron chi connectivity index (χ1n) is 5.38. The number of hydrogen-bond acceptors (Lipinski definition) is 4. The summed E-state index contributed by atoms with van der Waals surface area (Å²) in [7, 11) is 2.00. The van der Waals surface area contributed by atoms with E-state index in [-0.39, 0.29) is 6.09 Å². The Bertz CT molecular complexity index is 337. The molecule has 1 aliphatic heterocycles. The van der Waals surface area contributed by atoms with E-state index in [1.165, 1.54) is 0 Å². The number of likely N-dealkylation sites (N-methyl/N-ethyl adjacent to an activating group) is 1. The van der Waals surface area contributed by atoms with E-state index in [2.05, 4.69) is 4.90 Å². The predicted octanol–water partition coefficient (Wildman–Crippen LogP) is 1.16. The van der Waals surface area contributed by atoms with Gasteiger partial charge in [-0.25, -0.2) is 4.79 Å². The molecule has 1 amide bonds. The highest BCUT2D eigenvalue weighted by Gasteiger charge is 2.21. The molecule has 0 unspecified atom stereocenters. The van der Waals surface area contributed by atoms with Gasteiger partial charge in [0.25, 0.3) is 0 Å². The number of carbonyl (C=O) groups excluding carboxylic acids is 1. The number of ether oxygens (including phenoxy) is 1. The molecule has 2 heterocycles. The summed E-state index contributed by atoms with van der Waals surface area (Å²) in [5.41, 5.74) is 0. The number of furan rings is 1. The molecule has 1 aromatic rings. The molecule has 0 aromatic carbocycles. The van der Waals surface area contributed by atoms with Gasteiger partial charge in [0.15, 0.2) is 0 Å². The van der Waals surface area contributed by atoms with Gasteiger partial charge in [-0.2, -0.15) is 0 Å². The van der Waals surface area contributed by atoms with E-state index in [0.29, 0.717) is 19.7 Å². The van der Waals surface area contributed by atoms with E-state index in [1.54, 1.807) is 11.2 Å². The molecule has 88 valence electrons. The summed E-state index contributed by atoms with van der Waals surface area (Å²) in [5.74, 6) is 0.937. The highest BCUT2D eigenvalue weighted by atomic mass is 16.6.